The van der Waals surface area contributed by atoms with Gasteiger partial charge in [-0.05, 0) is 57.2 Å². The number of anilines is 1. The fraction of sp³-hybridized carbons (Fsp3) is 0.588. The number of hydrogen-bond donors (Lipinski definition) is 2. The quantitative estimate of drug-likeness (QED) is 0.624. The van der Waals surface area contributed by atoms with Crippen molar-refractivity contribution in [3.05, 3.63) is 24.3 Å². The fourth-order valence-corrected chi connectivity index (χ4v) is 1.52. The first-order valence-corrected chi connectivity index (χ1v) is 8.66. The van der Waals surface area contributed by atoms with Crippen LogP contribution in [0, 0.1) is 0 Å². The molecule has 0 unspecified atom stereocenters. The summed E-state index contributed by atoms with van der Waals surface area (Å²) in [5.74, 6) is 0. The molecule has 1 rings (SSSR count). The Morgan fingerprint density at radius 1 is 1.27 bits per heavy atom. The lowest BCUT2D eigenvalue weighted by Gasteiger charge is -2.03. The van der Waals surface area contributed by atoms with E-state index in [1.54, 1.807) is 0 Å². The van der Waals surface area contributed by atoms with E-state index in [4.69, 9.17) is 5.14 Å². The third kappa shape index (κ3) is 21.3. The molecule has 0 aliphatic heterocycles. The van der Waals surface area contributed by atoms with Crippen LogP contribution < -0.4 is 10.5 Å². The molecule has 5 heteroatoms. The molecule has 0 spiro atoms. The first-order chi connectivity index (χ1) is 10.5. The molecule has 0 radical (unpaired) electrons. The number of hydrogen-bond acceptors (Lipinski definition) is 5. The lowest BCUT2D eigenvalue weighted by atomic mass is 10.3. The highest BCUT2D eigenvalue weighted by atomic mass is 32.2. The summed E-state index contributed by atoms with van der Waals surface area (Å²) in [7, 11) is 6.06. The number of carbonyl (C=O) groups is 1. The van der Waals surface area contributed by atoms with Crippen molar-refractivity contribution in [2.45, 2.75) is 45.4 Å². The van der Waals surface area contributed by atoms with Crippen LogP contribution in [0.4, 0.5) is 5.69 Å². The van der Waals surface area contributed by atoms with Crippen molar-refractivity contribution in [3.8, 4) is 0 Å². The van der Waals surface area contributed by atoms with Gasteiger partial charge in [0.25, 0.3) is 0 Å². The van der Waals surface area contributed by atoms with E-state index in [9.17, 15) is 4.79 Å². The zero-order valence-electron chi connectivity index (χ0n) is 15.3. The number of aldehydes is 1. The second-order valence-corrected chi connectivity index (χ2v) is 4.98. The summed E-state index contributed by atoms with van der Waals surface area (Å²) in [4.78, 5) is 12.4. The Morgan fingerprint density at radius 2 is 1.82 bits per heavy atom. The average Bonchev–Trinajstić information content (AvgIpc) is 2.57. The van der Waals surface area contributed by atoms with Gasteiger partial charge < -0.3 is 15.0 Å². The molecule has 0 amide bonds. The van der Waals surface area contributed by atoms with Gasteiger partial charge in [-0.15, -0.1) is 0 Å². The standard InChI is InChI=1S/C7H10N2S.C5H13N.C3H6O.C2H6/c1-9-6-3-2-4-7(5-6)10-8;1-4-5-6(2)3;1-2-3-4;1-2/h2-5,9H,8H2,1H3;4-5H2,1-3H3;3H,2H2,1H3;1-2H3. The number of nitrogens with zero attached hydrogens (tertiary/aromatic N) is 1. The normalized spacial score (nSPS) is 8.41. The summed E-state index contributed by atoms with van der Waals surface area (Å²) in [5.41, 5.74) is 1.09. The average molecular weight is 330 g/mol. The highest BCUT2D eigenvalue weighted by Gasteiger charge is 1.90. The van der Waals surface area contributed by atoms with Gasteiger partial charge in [0.2, 0.25) is 0 Å². The number of nitrogens with two attached hydrogens (primary N) is 1. The number of carbonyl (C=O) groups excluding carboxylic acids is 1. The molecule has 0 atom stereocenters. The predicted octanol–water partition coefficient (Wildman–Crippen LogP) is 4.27. The third-order valence-corrected chi connectivity index (χ3v) is 2.62. The Balaban J connectivity index is -0.000000259. The van der Waals surface area contributed by atoms with Gasteiger partial charge in [-0.2, -0.15) is 0 Å². The van der Waals surface area contributed by atoms with Crippen molar-refractivity contribution in [2.24, 2.45) is 5.14 Å². The van der Waals surface area contributed by atoms with Crippen LogP contribution in [0.25, 0.3) is 0 Å². The van der Waals surface area contributed by atoms with Gasteiger partial charge in [0.1, 0.15) is 6.29 Å². The van der Waals surface area contributed by atoms with Crippen molar-refractivity contribution >= 4 is 23.9 Å². The minimum atomic E-state index is 0.639. The maximum absolute atomic E-state index is 9.17. The molecule has 0 aromatic heterocycles. The monoisotopic (exact) mass is 329 g/mol. The van der Waals surface area contributed by atoms with Gasteiger partial charge in [-0.3, -0.25) is 5.14 Å². The van der Waals surface area contributed by atoms with Crippen LogP contribution in [0.15, 0.2) is 29.2 Å². The van der Waals surface area contributed by atoms with E-state index >= 15 is 0 Å². The smallest absolute Gasteiger partial charge is 0.119 e. The second-order valence-electron chi connectivity index (χ2n) is 4.27. The number of nitrogens with one attached hydrogen (secondary N) is 1. The maximum atomic E-state index is 9.17. The minimum Gasteiger partial charge on any atom is -0.388 e. The summed E-state index contributed by atoms with van der Waals surface area (Å²) >= 11 is 1.26. The van der Waals surface area contributed by atoms with Gasteiger partial charge >= 0.3 is 0 Å². The van der Waals surface area contributed by atoms with E-state index in [-0.39, 0.29) is 0 Å². The number of rotatable bonds is 5. The highest BCUT2D eigenvalue weighted by molar-refractivity contribution is 7.97. The topological polar surface area (TPSA) is 58.4 Å². The SMILES string of the molecule is CC.CCC=O.CCCN(C)C.CNc1cccc(SN)c1. The maximum Gasteiger partial charge on any atom is 0.119 e. The minimum absolute atomic E-state index is 0.639. The van der Waals surface area contributed by atoms with Crippen molar-refractivity contribution in [3.63, 3.8) is 0 Å². The Morgan fingerprint density at radius 3 is 2.09 bits per heavy atom. The van der Waals surface area contributed by atoms with Crippen LogP contribution in [0.1, 0.15) is 40.5 Å². The summed E-state index contributed by atoms with van der Waals surface area (Å²) in [6.07, 6.45) is 2.77. The Hall–Kier alpha value is -1.04. The van der Waals surface area contributed by atoms with Crippen molar-refractivity contribution < 1.29 is 4.79 Å². The van der Waals surface area contributed by atoms with Crippen LogP contribution in [0.3, 0.4) is 0 Å². The fourth-order valence-electron chi connectivity index (χ4n) is 1.17. The van der Waals surface area contributed by atoms with Gasteiger partial charge in [-0.25, -0.2) is 0 Å². The Labute approximate surface area is 142 Å². The van der Waals surface area contributed by atoms with E-state index in [0.29, 0.717) is 6.42 Å². The molecule has 1 aromatic rings. The lowest BCUT2D eigenvalue weighted by molar-refractivity contribution is -0.107. The molecule has 0 bridgehead atoms. The van der Waals surface area contributed by atoms with Crippen molar-refractivity contribution in [2.75, 3.05) is 33.0 Å². The third-order valence-electron chi connectivity index (χ3n) is 2.10. The summed E-state index contributed by atoms with van der Waals surface area (Å²) in [6, 6.07) is 7.96. The second kappa shape index (κ2) is 22.2. The van der Waals surface area contributed by atoms with Gasteiger partial charge in [0, 0.05) is 24.1 Å². The molecule has 1 aromatic carbocycles. The zero-order valence-corrected chi connectivity index (χ0v) is 16.2. The summed E-state index contributed by atoms with van der Waals surface area (Å²) < 4.78 is 0. The molecule has 4 nitrogen and oxygen atoms in total. The predicted molar refractivity (Wildman–Crippen MR) is 103 cm³/mol. The van der Waals surface area contributed by atoms with E-state index in [0.717, 1.165) is 16.9 Å². The van der Waals surface area contributed by atoms with Crippen LogP contribution >= 0.6 is 11.9 Å². The van der Waals surface area contributed by atoms with E-state index in [1.807, 2.05) is 52.1 Å². The molecule has 22 heavy (non-hydrogen) atoms. The molecule has 0 aliphatic carbocycles. The Kier molecular flexibility index (Phi) is 26.2. The van der Waals surface area contributed by atoms with Crippen LogP contribution in [-0.2, 0) is 4.79 Å². The van der Waals surface area contributed by atoms with Gasteiger partial charge in [-0.1, -0.05) is 33.8 Å². The first-order valence-electron chi connectivity index (χ1n) is 7.78. The molecule has 0 saturated heterocycles. The van der Waals surface area contributed by atoms with Crippen molar-refractivity contribution in [1.29, 1.82) is 0 Å². The largest absolute Gasteiger partial charge is 0.388 e. The van der Waals surface area contributed by atoms with E-state index in [1.165, 1.54) is 24.9 Å². The molecule has 0 heterocycles. The molecule has 0 fully saturated rings. The van der Waals surface area contributed by atoms with Crippen LogP contribution in [-0.4, -0.2) is 38.9 Å². The van der Waals surface area contributed by atoms with E-state index in [2.05, 4.69) is 31.2 Å². The summed E-state index contributed by atoms with van der Waals surface area (Å²) in [5, 5.41) is 8.40. The molecular formula is C17H35N3OS. The Bertz CT molecular complexity index is 314. The van der Waals surface area contributed by atoms with Gasteiger partial charge in [0.15, 0.2) is 0 Å². The summed E-state index contributed by atoms with van der Waals surface area (Å²) in [6.45, 7) is 9.20. The first kappa shape index (κ1) is 25.9. The molecule has 0 saturated carbocycles. The molecule has 130 valence electrons. The molecule has 0 aliphatic rings. The molecule has 3 N–H and O–H groups in total. The van der Waals surface area contributed by atoms with Crippen LogP contribution in [0.2, 0.25) is 0 Å². The van der Waals surface area contributed by atoms with Gasteiger partial charge in [0.05, 0.1) is 0 Å². The van der Waals surface area contributed by atoms with Crippen molar-refractivity contribution in [1.82, 2.24) is 4.90 Å². The van der Waals surface area contributed by atoms with Crippen LogP contribution in [0.5, 0.6) is 0 Å². The number of benzene rings is 1. The zero-order chi connectivity index (χ0) is 17.8. The molecular weight excluding hydrogens is 294 g/mol. The lowest BCUT2D eigenvalue weighted by Crippen LogP contribution is -2.11. The van der Waals surface area contributed by atoms with E-state index < -0.39 is 0 Å². The highest BCUT2D eigenvalue weighted by Crippen LogP contribution is 2.15.